The zero-order valence-electron chi connectivity index (χ0n) is 17.6. The van der Waals surface area contributed by atoms with E-state index < -0.39 is 30.0 Å². The van der Waals surface area contributed by atoms with Crippen molar-refractivity contribution in [2.45, 2.75) is 32.7 Å². The minimum atomic E-state index is -2.87. The largest absolute Gasteiger partial charge is 0.331 e. The molecule has 0 spiro atoms. The first-order valence-electron chi connectivity index (χ1n) is 9.83. The molecule has 0 aliphatic carbocycles. The number of carbonyl (C=O) groups is 1. The van der Waals surface area contributed by atoms with Gasteiger partial charge in [0.05, 0.1) is 11.6 Å². The van der Waals surface area contributed by atoms with Crippen LogP contribution in [-0.2, 0) is 4.79 Å². The summed E-state index contributed by atoms with van der Waals surface area (Å²) < 4.78 is 53.0. The van der Waals surface area contributed by atoms with E-state index in [1.165, 1.54) is 12.4 Å². The number of alkyl halides is 2. The summed E-state index contributed by atoms with van der Waals surface area (Å²) >= 11 is 0. The zero-order valence-corrected chi connectivity index (χ0v) is 17.6. The monoisotopic (exact) mass is 449 g/mol. The Bertz CT molecular complexity index is 989. The number of rotatable bonds is 10. The van der Waals surface area contributed by atoms with Gasteiger partial charge in [-0.2, -0.15) is 5.26 Å². The Morgan fingerprint density at radius 2 is 2.00 bits per heavy atom. The summed E-state index contributed by atoms with van der Waals surface area (Å²) in [5.74, 6) is -2.16. The van der Waals surface area contributed by atoms with E-state index in [1.807, 2.05) is 17.9 Å². The first-order valence-corrected chi connectivity index (χ1v) is 9.83. The van der Waals surface area contributed by atoms with Crippen molar-refractivity contribution in [3.05, 3.63) is 71.2 Å². The number of nitrogens with one attached hydrogen (secondary N) is 2. The molecule has 1 aromatic carbocycles. The number of benzene rings is 1. The second-order valence-corrected chi connectivity index (χ2v) is 6.80. The van der Waals surface area contributed by atoms with Gasteiger partial charge in [-0.15, -0.1) is 0 Å². The van der Waals surface area contributed by atoms with E-state index in [0.29, 0.717) is 29.7 Å². The highest BCUT2D eigenvalue weighted by molar-refractivity contribution is 5.77. The van der Waals surface area contributed by atoms with Crippen molar-refractivity contribution in [2.24, 2.45) is 0 Å². The maximum Gasteiger partial charge on any atom is 0.257 e. The fourth-order valence-corrected chi connectivity index (χ4v) is 2.94. The van der Waals surface area contributed by atoms with E-state index >= 15 is 0 Å². The van der Waals surface area contributed by atoms with E-state index in [-0.39, 0.29) is 18.5 Å². The maximum atomic E-state index is 13.3. The second kappa shape index (κ2) is 11.8. The van der Waals surface area contributed by atoms with Crippen LogP contribution < -0.4 is 15.5 Å². The van der Waals surface area contributed by atoms with Crippen molar-refractivity contribution in [2.75, 3.05) is 18.0 Å². The van der Waals surface area contributed by atoms with E-state index in [4.69, 9.17) is 5.26 Å². The summed E-state index contributed by atoms with van der Waals surface area (Å²) in [6.45, 7) is 4.12. The summed E-state index contributed by atoms with van der Waals surface area (Å²) in [6, 6.07) is 6.34. The molecule has 0 fully saturated rings. The normalized spacial score (nSPS) is 12.4. The molecule has 2 aromatic rings. The van der Waals surface area contributed by atoms with E-state index in [0.717, 1.165) is 12.1 Å². The topological polar surface area (TPSA) is 81.0 Å². The number of aromatic nitrogens is 1. The molecule has 0 aliphatic rings. The SMILES string of the molecule is CCN(/C(C)=C/NC(=O)CCNC(c1ccc(F)c(F)c1)C(F)F)c1ccc(C#N)cn1. The first kappa shape index (κ1) is 24.8. The smallest absolute Gasteiger partial charge is 0.257 e. The lowest BCUT2D eigenvalue weighted by molar-refractivity contribution is -0.120. The maximum absolute atomic E-state index is 13.3. The van der Waals surface area contributed by atoms with Crippen LogP contribution in [0.25, 0.3) is 0 Å². The fourth-order valence-electron chi connectivity index (χ4n) is 2.94. The standard InChI is InChI=1S/C22H23F4N5O/c1-3-31(19-7-4-15(11-27)13-29-19)14(2)12-30-20(32)8-9-28-21(22(25)26)16-5-6-17(23)18(24)10-16/h4-7,10,12-13,21-22,28H,3,8-9H2,1-2H3,(H,30,32)/b14-12+. The number of allylic oxidation sites excluding steroid dienone is 1. The molecular weight excluding hydrogens is 426 g/mol. The lowest BCUT2D eigenvalue weighted by Gasteiger charge is -2.22. The highest BCUT2D eigenvalue weighted by atomic mass is 19.3. The lowest BCUT2D eigenvalue weighted by Crippen LogP contribution is -2.32. The first-order chi connectivity index (χ1) is 15.3. The Kier molecular flexibility index (Phi) is 9.16. The van der Waals surface area contributed by atoms with Crippen molar-refractivity contribution in [1.82, 2.24) is 15.6 Å². The van der Waals surface area contributed by atoms with Gasteiger partial charge < -0.3 is 15.5 Å². The molecule has 1 heterocycles. The number of nitrogens with zero attached hydrogens (tertiary/aromatic N) is 3. The molecule has 0 aliphatic heterocycles. The number of pyridine rings is 1. The average molecular weight is 449 g/mol. The highest BCUT2D eigenvalue weighted by Gasteiger charge is 2.23. The molecule has 2 N–H and O–H groups in total. The summed E-state index contributed by atoms with van der Waals surface area (Å²) in [6.07, 6.45) is -0.0611. The van der Waals surface area contributed by atoms with Crippen molar-refractivity contribution >= 4 is 11.7 Å². The van der Waals surface area contributed by atoms with Gasteiger partial charge in [0.2, 0.25) is 5.91 Å². The van der Waals surface area contributed by atoms with Gasteiger partial charge >= 0.3 is 0 Å². The molecule has 0 bridgehead atoms. The van der Waals surface area contributed by atoms with Gasteiger partial charge in [0.15, 0.2) is 11.6 Å². The van der Waals surface area contributed by atoms with E-state index in [2.05, 4.69) is 15.6 Å². The van der Waals surface area contributed by atoms with Crippen molar-refractivity contribution in [1.29, 1.82) is 5.26 Å². The molecule has 0 saturated heterocycles. The van der Waals surface area contributed by atoms with Crippen LogP contribution in [0.15, 0.2) is 48.4 Å². The molecule has 1 atom stereocenters. The predicted octanol–water partition coefficient (Wildman–Crippen LogP) is 4.02. The predicted molar refractivity (Wildman–Crippen MR) is 112 cm³/mol. The van der Waals surface area contributed by atoms with Crippen molar-refractivity contribution in [3.8, 4) is 6.07 Å². The van der Waals surface area contributed by atoms with Gasteiger partial charge in [-0.05, 0) is 43.7 Å². The molecule has 1 aromatic heterocycles. The highest BCUT2D eigenvalue weighted by Crippen LogP contribution is 2.22. The Morgan fingerprint density at radius 3 is 2.56 bits per heavy atom. The molecule has 10 heteroatoms. The van der Waals surface area contributed by atoms with Gasteiger partial charge in [-0.1, -0.05) is 6.07 Å². The van der Waals surface area contributed by atoms with Gasteiger partial charge in [0.25, 0.3) is 6.43 Å². The number of halogens is 4. The van der Waals surface area contributed by atoms with Crippen LogP contribution in [0.5, 0.6) is 0 Å². The summed E-state index contributed by atoms with van der Waals surface area (Å²) in [5, 5.41) is 14.0. The molecule has 170 valence electrons. The molecule has 0 radical (unpaired) electrons. The van der Waals surface area contributed by atoms with Gasteiger partial charge in [0.1, 0.15) is 11.9 Å². The van der Waals surface area contributed by atoms with Crippen molar-refractivity contribution in [3.63, 3.8) is 0 Å². The lowest BCUT2D eigenvalue weighted by atomic mass is 10.1. The number of nitriles is 1. The quantitative estimate of drug-likeness (QED) is 0.536. The third kappa shape index (κ3) is 6.78. The minimum absolute atomic E-state index is 0.0958. The Morgan fingerprint density at radius 1 is 1.25 bits per heavy atom. The third-order valence-corrected chi connectivity index (χ3v) is 4.61. The van der Waals surface area contributed by atoms with E-state index in [9.17, 15) is 22.4 Å². The minimum Gasteiger partial charge on any atom is -0.331 e. The van der Waals surface area contributed by atoms with Crippen LogP contribution in [-0.4, -0.2) is 30.4 Å². The molecule has 1 amide bonds. The zero-order chi connectivity index (χ0) is 23.7. The second-order valence-electron chi connectivity index (χ2n) is 6.80. The summed E-state index contributed by atoms with van der Waals surface area (Å²) in [7, 11) is 0. The molecule has 32 heavy (non-hydrogen) atoms. The molecule has 6 nitrogen and oxygen atoms in total. The number of anilines is 1. The van der Waals surface area contributed by atoms with Crippen LogP contribution in [0.3, 0.4) is 0 Å². The Labute approximate surface area is 183 Å². The van der Waals surface area contributed by atoms with Gasteiger partial charge in [-0.25, -0.2) is 22.5 Å². The van der Waals surface area contributed by atoms with Crippen LogP contribution in [0.2, 0.25) is 0 Å². The molecule has 0 saturated carbocycles. The third-order valence-electron chi connectivity index (χ3n) is 4.61. The number of hydrogen-bond donors (Lipinski definition) is 2. The van der Waals surface area contributed by atoms with E-state index in [1.54, 1.807) is 19.1 Å². The number of hydrogen-bond acceptors (Lipinski definition) is 5. The van der Waals surface area contributed by atoms with Gasteiger partial charge in [-0.3, -0.25) is 4.79 Å². The summed E-state index contributed by atoms with van der Waals surface area (Å²) in [5.41, 5.74) is 1.000. The Balaban J connectivity index is 1.92. The molecule has 1 unspecified atom stereocenters. The number of carbonyl (C=O) groups excluding carboxylic acids is 1. The van der Waals surface area contributed by atoms with Crippen molar-refractivity contribution < 1.29 is 22.4 Å². The molecule has 2 rings (SSSR count). The van der Waals surface area contributed by atoms with Crippen LogP contribution in [0.1, 0.15) is 37.4 Å². The van der Waals surface area contributed by atoms with Crippen LogP contribution in [0, 0.1) is 23.0 Å². The summed E-state index contributed by atoms with van der Waals surface area (Å²) in [4.78, 5) is 18.1. The van der Waals surface area contributed by atoms with Crippen LogP contribution in [0.4, 0.5) is 23.4 Å². The fraction of sp³-hybridized carbons (Fsp3) is 0.318. The average Bonchev–Trinajstić information content (AvgIpc) is 2.78. The number of amides is 1. The Hall–Kier alpha value is -3.45. The molecular formula is C22H23F4N5O. The van der Waals surface area contributed by atoms with Gasteiger partial charge in [0, 0.05) is 37.6 Å². The van der Waals surface area contributed by atoms with Crippen LogP contribution >= 0.6 is 0 Å².